The van der Waals surface area contributed by atoms with Gasteiger partial charge in [0.1, 0.15) is 15.6 Å². The molecule has 5 heteroatoms. The van der Waals surface area contributed by atoms with Gasteiger partial charge in [0.05, 0.1) is 11.8 Å². The molecule has 0 aliphatic rings. The normalized spacial score (nSPS) is 13.9. The first-order chi connectivity index (χ1) is 6.40. The van der Waals surface area contributed by atoms with Gasteiger partial charge in [0.15, 0.2) is 0 Å². The molecular weight excluding hydrogens is 202 g/mol. The molecule has 84 valence electrons. The molecule has 4 nitrogen and oxygen atoms in total. The highest BCUT2D eigenvalue weighted by Crippen LogP contribution is 2.00. The van der Waals surface area contributed by atoms with Crippen molar-refractivity contribution >= 4 is 15.6 Å². The summed E-state index contributed by atoms with van der Waals surface area (Å²) in [5.41, 5.74) is 0. The fourth-order valence-corrected chi connectivity index (χ4v) is 1.87. The minimum absolute atomic E-state index is 0.0659. The Morgan fingerprint density at radius 1 is 1.36 bits per heavy atom. The lowest BCUT2D eigenvalue weighted by Gasteiger charge is -2.14. The molecule has 0 rings (SSSR count). The Morgan fingerprint density at radius 3 is 2.29 bits per heavy atom. The third-order valence-electron chi connectivity index (χ3n) is 1.96. The Kier molecular flexibility index (Phi) is 5.95. The number of rotatable bonds is 7. The maximum absolute atomic E-state index is 11.4. The van der Waals surface area contributed by atoms with Gasteiger partial charge in [0.2, 0.25) is 0 Å². The molecule has 1 unspecified atom stereocenters. The highest BCUT2D eigenvalue weighted by Gasteiger charge is 2.17. The van der Waals surface area contributed by atoms with Gasteiger partial charge in [-0.2, -0.15) is 0 Å². The van der Waals surface area contributed by atoms with Crippen LogP contribution in [-0.2, 0) is 14.6 Å². The van der Waals surface area contributed by atoms with Crippen LogP contribution in [0.2, 0.25) is 0 Å². The Labute approximate surface area is 86.0 Å². The van der Waals surface area contributed by atoms with Crippen LogP contribution >= 0.6 is 0 Å². The van der Waals surface area contributed by atoms with Gasteiger partial charge in [0, 0.05) is 12.7 Å². The van der Waals surface area contributed by atoms with Crippen molar-refractivity contribution in [2.24, 2.45) is 0 Å². The maximum Gasteiger partial charge on any atom is 0.149 e. The zero-order chi connectivity index (χ0) is 11.2. The summed E-state index contributed by atoms with van der Waals surface area (Å²) >= 11 is 0. The third kappa shape index (κ3) is 6.10. The van der Waals surface area contributed by atoms with Gasteiger partial charge in [0.25, 0.3) is 0 Å². The number of sulfone groups is 1. The molecule has 0 aromatic heterocycles. The SMILES string of the molecule is CCNC(CCS(C)(=O)=O)C(=O)CC. The van der Waals surface area contributed by atoms with Crippen LogP contribution in [0.4, 0.5) is 0 Å². The summed E-state index contributed by atoms with van der Waals surface area (Å²) in [5.74, 6) is 0.145. The predicted molar refractivity (Wildman–Crippen MR) is 57.1 cm³/mol. The van der Waals surface area contributed by atoms with E-state index < -0.39 is 9.84 Å². The number of carbonyl (C=O) groups excluding carboxylic acids is 1. The van der Waals surface area contributed by atoms with Crippen LogP contribution < -0.4 is 5.32 Å². The molecular formula is C9H19NO3S. The molecule has 0 amide bonds. The Bertz CT molecular complexity index is 272. The topological polar surface area (TPSA) is 63.2 Å². The Balaban J connectivity index is 4.17. The molecule has 0 radical (unpaired) electrons. The Hall–Kier alpha value is -0.420. The van der Waals surface area contributed by atoms with Gasteiger partial charge in [-0.05, 0) is 13.0 Å². The number of Topliss-reactive ketones (excluding diaryl/α,β-unsaturated/α-hetero) is 1. The molecule has 14 heavy (non-hydrogen) atoms. The molecule has 0 aliphatic carbocycles. The average molecular weight is 221 g/mol. The van der Waals surface area contributed by atoms with Crippen LogP contribution in [0.25, 0.3) is 0 Å². The molecule has 1 atom stereocenters. The summed E-state index contributed by atoms with van der Waals surface area (Å²) in [6, 6.07) is -0.306. The predicted octanol–water partition coefficient (Wildman–Crippen LogP) is 0.378. The minimum atomic E-state index is -2.97. The highest BCUT2D eigenvalue weighted by atomic mass is 32.2. The molecule has 0 bridgehead atoms. The summed E-state index contributed by atoms with van der Waals surface area (Å²) in [6.07, 6.45) is 2.01. The van der Waals surface area contributed by atoms with Gasteiger partial charge in [-0.3, -0.25) is 4.79 Å². The number of carbonyl (C=O) groups is 1. The second kappa shape index (κ2) is 6.14. The molecule has 0 aromatic carbocycles. The van der Waals surface area contributed by atoms with Crippen molar-refractivity contribution in [1.82, 2.24) is 5.32 Å². The number of nitrogens with one attached hydrogen (secondary N) is 1. The molecule has 0 saturated heterocycles. The van der Waals surface area contributed by atoms with E-state index >= 15 is 0 Å². The van der Waals surface area contributed by atoms with Crippen LogP contribution in [-0.4, -0.2) is 38.8 Å². The monoisotopic (exact) mass is 221 g/mol. The number of hydrogen-bond acceptors (Lipinski definition) is 4. The zero-order valence-electron chi connectivity index (χ0n) is 9.04. The van der Waals surface area contributed by atoms with Gasteiger partial charge in [-0.15, -0.1) is 0 Å². The molecule has 0 spiro atoms. The van der Waals surface area contributed by atoms with Crippen molar-refractivity contribution in [1.29, 1.82) is 0 Å². The summed E-state index contributed by atoms with van der Waals surface area (Å²) in [7, 11) is -2.97. The van der Waals surface area contributed by atoms with Crippen molar-refractivity contribution < 1.29 is 13.2 Å². The molecule has 0 saturated carbocycles. The van der Waals surface area contributed by atoms with Crippen molar-refractivity contribution in [2.75, 3.05) is 18.6 Å². The first-order valence-electron chi connectivity index (χ1n) is 4.84. The quantitative estimate of drug-likeness (QED) is 0.675. The zero-order valence-corrected chi connectivity index (χ0v) is 9.86. The molecule has 1 N–H and O–H groups in total. The van der Waals surface area contributed by atoms with Crippen molar-refractivity contribution in [3.63, 3.8) is 0 Å². The number of hydrogen-bond donors (Lipinski definition) is 1. The van der Waals surface area contributed by atoms with Crippen LogP contribution in [0.1, 0.15) is 26.7 Å². The summed E-state index contributed by atoms with van der Waals surface area (Å²) in [6.45, 7) is 4.36. The second-order valence-corrected chi connectivity index (χ2v) is 5.61. The Morgan fingerprint density at radius 2 is 1.93 bits per heavy atom. The highest BCUT2D eigenvalue weighted by molar-refractivity contribution is 7.90. The summed E-state index contributed by atoms with van der Waals surface area (Å²) in [4.78, 5) is 11.4. The van der Waals surface area contributed by atoms with E-state index in [1.807, 2.05) is 6.92 Å². The van der Waals surface area contributed by atoms with E-state index in [0.29, 0.717) is 19.4 Å². The lowest BCUT2D eigenvalue weighted by Crippen LogP contribution is -2.37. The van der Waals surface area contributed by atoms with E-state index in [0.717, 1.165) is 0 Å². The fraction of sp³-hybridized carbons (Fsp3) is 0.889. The summed E-state index contributed by atoms with van der Waals surface area (Å²) < 4.78 is 21.8. The molecule has 0 fully saturated rings. The van der Waals surface area contributed by atoms with E-state index in [9.17, 15) is 13.2 Å². The van der Waals surface area contributed by atoms with E-state index in [1.54, 1.807) is 6.92 Å². The molecule has 0 heterocycles. The van der Waals surface area contributed by atoms with E-state index in [4.69, 9.17) is 0 Å². The standard InChI is InChI=1S/C9H19NO3S/c1-4-9(11)8(10-5-2)6-7-14(3,12)13/h8,10H,4-7H2,1-3H3. The van der Waals surface area contributed by atoms with Gasteiger partial charge in [-0.1, -0.05) is 13.8 Å². The molecule has 0 aliphatic heterocycles. The van der Waals surface area contributed by atoms with Crippen LogP contribution in [0.3, 0.4) is 0 Å². The van der Waals surface area contributed by atoms with E-state index in [2.05, 4.69) is 5.32 Å². The lowest BCUT2D eigenvalue weighted by atomic mass is 10.1. The van der Waals surface area contributed by atoms with Crippen LogP contribution in [0.15, 0.2) is 0 Å². The van der Waals surface area contributed by atoms with E-state index in [-0.39, 0.29) is 17.6 Å². The average Bonchev–Trinajstić information content (AvgIpc) is 2.09. The first kappa shape index (κ1) is 13.6. The fourth-order valence-electron chi connectivity index (χ4n) is 1.20. The maximum atomic E-state index is 11.4. The number of likely N-dealkylation sites (N-methyl/N-ethyl adjacent to an activating group) is 1. The van der Waals surface area contributed by atoms with Gasteiger partial charge in [-0.25, -0.2) is 8.42 Å². The second-order valence-electron chi connectivity index (χ2n) is 3.35. The van der Waals surface area contributed by atoms with Gasteiger partial charge >= 0.3 is 0 Å². The van der Waals surface area contributed by atoms with Crippen LogP contribution in [0, 0.1) is 0 Å². The van der Waals surface area contributed by atoms with E-state index in [1.165, 1.54) is 6.26 Å². The minimum Gasteiger partial charge on any atom is -0.308 e. The number of ketones is 1. The van der Waals surface area contributed by atoms with Crippen molar-refractivity contribution in [3.8, 4) is 0 Å². The molecule has 0 aromatic rings. The van der Waals surface area contributed by atoms with Crippen molar-refractivity contribution in [3.05, 3.63) is 0 Å². The first-order valence-corrected chi connectivity index (χ1v) is 6.90. The lowest BCUT2D eigenvalue weighted by molar-refractivity contribution is -0.120. The van der Waals surface area contributed by atoms with Crippen molar-refractivity contribution in [2.45, 2.75) is 32.7 Å². The third-order valence-corrected chi connectivity index (χ3v) is 2.94. The largest absolute Gasteiger partial charge is 0.308 e. The van der Waals surface area contributed by atoms with Crippen LogP contribution in [0.5, 0.6) is 0 Å². The summed E-state index contributed by atoms with van der Waals surface area (Å²) in [5, 5.41) is 2.99. The van der Waals surface area contributed by atoms with Gasteiger partial charge < -0.3 is 5.32 Å². The smallest absolute Gasteiger partial charge is 0.149 e.